The van der Waals surface area contributed by atoms with E-state index >= 15 is 0 Å². The lowest BCUT2D eigenvalue weighted by Gasteiger charge is -2.07. The van der Waals surface area contributed by atoms with E-state index in [0.29, 0.717) is 12.4 Å². The van der Waals surface area contributed by atoms with E-state index in [1.807, 2.05) is 19.9 Å². The topological polar surface area (TPSA) is 52.6 Å². The lowest BCUT2D eigenvalue weighted by Crippen LogP contribution is -2.13. The number of esters is 2. The molecular weight excluding hydrogens is 280 g/mol. The van der Waals surface area contributed by atoms with E-state index in [-0.39, 0.29) is 18.8 Å². The van der Waals surface area contributed by atoms with E-state index in [2.05, 4.69) is 6.92 Å². The van der Waals surface area contributed by atoms with Crippen LogP contribution in [0.15, 0.2) is 18.2 Å². The van der Waals surface area contributed by atoms with Gasteiger partial charge in [-0.1, -0.05) is 32.3 Å². The van der Waals surface area contributed by atoms with Crippen molar-refractivity contribution in [3.05, 3.63) is 29.3 Å². The molecule has 0 fully saturated rings. The first kappa shape index (κ1) is 18.2. The van der Waals surface area contributed by atoms with Gasteiger partial charge in [-0.3, -0.25) is 9.59 Å². The molecule has 0 bridgehead atoms. The Bertz CT molecular complexity index is 474. The highest BCUT2D eigenvalue weighted by Gasteiger charge is 2.10. The van der Waals surface area contributed by atoms with Crippen molar-refractivity contribution in [2.75, 3.05) is 6.61 Å². The summed E-state index contributed by atoms with van der Waals surface area (Å²) in [5.74, 6) is -0.225. The number of ether oxygens (including phenoxy) is 2. The van der Waals surface area contributed by atoms with Crippen LogP contribution in [0.2, 0.25) is 0 Å². The summed E-state index contributed by atoms with van der Waals surface area (Å²) in [6.07, 6.45) is 4.36. The minimum Gasteiger partial charge on any atom is -0.466 e. The van der Waals surface area contributed by atoms with E-state index in [4.69, 9.17) is 9.47 Å². The van der Waals surface area contributed by atoms with E-state index in [1.54, 1.807) is 12.1 Å². The maximum Gasteiger partial charge on any atom is 0.311 e. The Labute approximate surface area is 132 Å². The summed E-state index contributed by atoms with van der Waals surface area (Å²) in [5, 5.41) is 0. The second-order valence-electron chi connectivity index (χ2n) is 5.58. The van der Waals surface area contributed by atoms with Crippen LogP contribution in [0.3, 0.4) is 0 Å². The summed E-state index contributed by atoms with van der Waals surface area (Å²) in [5.41, 5.74) is 2.07. The Morgan fingerprint density at radius 2 is 1.55 bits per heavy atom. The summed E-state index contributed by atoms with van der Waals surface area (Å²) in [6.45, 7) is 6.46. The molecule has 4 nitrogen and oxygen atoms in total. The molecular formula is C18H26O4. The van der Waals surface area contributed by atoms with Crippen molar-refractivity contribution in [1.29, 1.82) is 0 Å². The van der Waals surface area contributed by atoms with Crippen LogP contribution < -0.4 is 4.74 Å². The van der Waals surface area contributed by atoms with Gasteiger partial charge in [-0.2, -0.15) is 0 Å². The van der Waals surface area contributed by atoms with Crippen LogP contribution in [0.5, 0.6) is 5.75 Å². The van der Waals surface area contributed by atoms with Crippen molar-refractivity contribution >= 4 is 11.9 Å². The second kappa shape index (κ2) is 9.98. The molecule has 0 unspecified atom stereocenters. The number of rotatable bonds is 9. The molecule has 1 aromatic carbocycles. The van der Waals surface area contributed by atoms with Crippen LogP contribution in [0.25, 0.3) is 0 Å². The fraction of sp³-hybridized carbons (Fsp3) is 0.556. The monoisotopic (exact) mass is 306 g/mol. The summed E-state index contributed by atoms with van der Waals surface area (Å²) in [7, 11) is 0. The van der Waals surface area contributed by atoms with Gasteiger partial charge in [-0.05, 0) is 43.5 Å². The summed E-state index contributed by atoms with van der Waals surface area (Å²) in [4.78, 5) is 23.2. The van der Waals surface area contributed by atoms with E-state index in [9.17, 15) is 9.59 Å². The van der Waals surface area contributed by atoms with E-state index < -0.39 is 5.97 Å². The molecule has 0 heterocycles. The predicted octanol–water partition coefficient (Wildman–Crippen LogP) is 4.11. The Morgan fingerprint density at radius 1 is 0.909 bits per heavy atom. The second-order valence-corrected chi connectivity index (χ2v) is 5.58. The predicted molar refractivity (Wildman–Crippen MR) is 85.9 cm³/mol. The number of carbonyl (C=O) groups is 2. The van der Waals surface area contributed by atoms with Crippen LogP contribution >= 0.6 is 0 Å². The highest BCUT2D eigenvalue weighted by molar-refractivity contribution is 5.79. The van der Waals surface area contributed by atoms with Gasteiger partial charge in [0, 0.05) is 0 Å². The zero-order chi connectivity index (χ0) is 16.4. The van der Waals surface area contributed by atoms with Crippen molar-refractivity contribution in [2.24, 2.45) is 0 Å². The fourth-order valence-electron chi connectivity index (χ4n) is 2.17. The summed E-state index contributed by atoms with van der Waals surface area (Å²) in [6, 6.07) is 5.61. The van der Waals surface area contributed by atoms with Crippen LogP contribution in [0.1, 0.15) is 56.6 Å². The number of unbranched alkanes of at least 4 members (excludes halogenated alkanes) is 3. The SMILES string of the molecule is CCCCCCOC(=O)CCC(=O)Oc1cc(C)cc(C)c1. The van der Waals surface area contributed by atoms with Crippen LogP contribution in [0, 0.1) is 13.8 Å². The van der Waals surface area contributed by atoms with Gasteiger partial charge in [-0.25, -0.2) is 0 Å². The number of carbonyl (C=O) groups excluding carboxylic acids is 2. The smallest absolute Gasteiger partial charge is 0.311 e. The van der Waals surface area contributed by atoms with Gasteiger partial charge in [0.2, 0.25) is 0 Å². The van der Waals surface area contributed by atoms with Gasteiger partial charge >= 0.3 is 11.9 Å². The van der Waals surface area contributed by atoms with Gasteiger partial charge < -0.3 is 9.47 Å². The fourth-order valence-corrected chi connectivity index (χ4v) is 2.17. The number of hydrogen-bond acceptors (Lipinski definition) is 4. The molecule has 22 heavy (non-hydrogen) atoms. The zero-order valence-electron chi connectivity index (χ0n) is 13.8. The van der Waals surface area contributed by atoms with Crippen molar-refractivity contribution in [3.8, 4) is 5.75 Å². The summed E-state index contributed by atoms with van der Waals surface area (Å²) < 4.78 is 10.3. The van der Waals surface area contributed by atoms with E-state index in [1.165, 1.54) is 0 Å². The minimum absolute atomic E-state index is 0.0424. The van der Waals surface area contributed by atoms with Crippen molar-refractivity contribution in [2.45, 2.75) is 59.3 Å². The molecule has 1 aromatic rings. The molecule has 122 valence electrons. The quantitative estimate of drug-likeness (QED) is 0.391. The average Bonchev–Trinajstić information content (AvgIpc) is 2.44. The maximum atomic E-state index is 11.7. The molecule has 0 aliphatic rings. The van der Waals surface area contributed by atoms with Gasteiger partial charge in [0.05, 0.1) is 19.4 Å². The van der Waals surface area contributed by atoms with Gasteiger partial charge in [0.25, 0.3) is 0 Å². The highest BCUT2D eigenvalue weighted by Crippen LogP contribution is 2.17. The molecule has 0 atom stereocenters. The molecule has 1 rings (SSSR count). The summed E-state index contributed by atoms with van der Waals surface area (Å²) >= 11 is 0. The molecule has 0 amide bonds. The Balaban J connectivity index is 2.23. The maximum absolute atomic E-state index is 11.7. The molecule has 0 saturated carbocycles. The van der Waals surface area contributed by atoms with Crippen molar-refractivity contribution < 1.29 is 19.1 Å². The molecule has 0 spiro atoms. The molecule has 4 heteroatoms. The number of benzene rings is 1. The van der Waals surface area contributed by atoms with Crippen LogP contribution in [0.4, 0.5) is 0 Å². The first-order chi connectivity index (χ1) is 10.5. The van der Waals surface area contributed by atoms with E-state index in [0.717, 1.165) is 36.8 Å². The van der Waals surface area contributed by atoms with Gasteiger partial charge in [-0.15, -0.1) is 0 Å². The molecule has 0 saturated heterocycles. The zero-order valence-corrected chi connectivity index (χ0v) is 13.8. The largest absolute Gasteiger partial charge is 0.466 e. The van der Waals surface area contributed by atoms with Gasteiger partial charge in [0.1, 0.15) is 5.75 Å². The Hall–Kier alpha value is -1.84. The molecule has 0 N–H and O–H groups in total. The molecule has 0 aromatic heterocycles. The van der Waals surface area contributed by atoms with Crippen LogP contribution in [-0.4, -0.2) is 18.5 Å². The lowest BCUT2D eigenvalue weighted by atomic mass is 10.1. The lowest BCUT2D eigenvalue weighted by molar-refractivity contribution is -0.147. The molecule has 0 aliphatic heterocycles. The Morgan fingerprint density at radius 3 is 2.18 bits per heavy atom. The highest BCUT2D eigenvalue weighted by atomic mass is 16.5. The Kier molecular flexibility index (Phi) is 8.26. The third kappa shape index (κ3) is 7.81. The van der Waals surface area contributed by atoms with Crippen molar-refractivity contribution in [3.63, 3.8) is 0 Å². The third-order valence-corrected chi connectivity index (χ3v) is 3.22. The first-order valence-electron chi connectivity index (χ1n) is 7.96. The standard InChI is InChI=1S/C18H26O4/c1-4-5-6-7-10-21-17(19)8-9-18(20)22-16-12-14(2)11-15(3)13-16/h11-13H,4-10H2,1-3H3. The average molecular weight is 306 g/mol. The normalized spacial score (nSPS) is 10.3. The minimum atomic E-state index is -0.409. The first-order valence-corrected chi connectivity index (χ1v) is 7.96. The molecule has 0 radical (unpaired) electrons. The third-order valence-electron chi connectivity index (χ3n) is 3.22. The number of hydrogen-bond donors (Lipinski definition) is 0. The number of aryl methyl sites for hydroxylation is 2. The molecule has 0 aliphatic carbocycles. The van der Waals surface area contributed by atoms with Crippen LogP contribution in [-0.2, 0) is 14.3 Å². The van der Waals surface area contributed by atoms with Crippen molar-refractivity contribution in [1.82, 2.24) is 0 Å². The van der Waals surface area contributed by atoms with Gasteiger partial charge in [0.15, 0.2) is 0 Å².